The van der Waals surface area contributed by atoms with Gasteiger partial charge in [0.15, 0.2) is 0 Å². The molecule has 1 N–H and O–H groups in total. The van der Waals surface area contributed by atoms with E-state index < -0.39 is 0 Å². The molecule has 0 bridgehead atoms. The molecule has 100 valence electrons. The minimum Gasteiger partial charge on any atom is -0.310 e. The van der Waals surface area contributed by atoms with Gasteiger partial charge in [0.05, 0.1) is 4.47 Å². The second kappa shape index (κ2) is 6.16. The van der Waals surface area contributed by atoms with Crippen LogP contribution in [0.15, 0.2) is 22.7 Å². The average Bonchev–Trinajstić information content (AvgIpc) is 3.18. The van der Waals surface area contributed by atoms with Crippen molar-refractivity contribution < 1.29 is 4.39 Å². The van der Waals surface area contributed by atoms with E-state index in [4.69, 9.17) is 0 Å². The first-order valence-electron chi connectivity index (χ1n) is 6.81. The van der Waals surface area contributed by atoms with Crippen LogP contribution in [0.4, 0.5) is 4.39 Å². The zero-order chi connectivity index (χ0) is 13.1. The molecule has 1 aliphatic carbocycles. The number of rotatable bonds is 6. The van der Waals surface area contributed by atoms with Gasteiger partial charge >= 0.3 is 0 Å². The lowest BCUT2D eigenvalue weighted by Crippen LogP contribution is -2.28. The van der Waals surface area contributed by atoms with Crippen LogP contribution in [0.2, 0.25) is 0 Å². The highest BCUT2D eigenvalue weighted by atomic mass is 79.9. The summed E-state index contributed by atoms with van der Waals surface area (Å²) in [5.74, 6) is 1.27. The van der Waals surface area contributed by atoms with Crippen LogP contribution in [0.1, 0.15) is 44.7 Å². The Bertz CT molecular complexity index is 403. The molecular formula is C15H21BrFN. The Labute approximate surface area is 117 Å². The average molecular weight is 314 g/mol. The monoisotopic (exact) mass is 313 g/mol. The van der Waals surface area contributed by atoms with E-state index in [9.17, 15) is 4.39 Å². The van der Waals surface area contributed by atoms with E-state index >= 15 is 0 Å². The highest BCUT2D eigenvalue weighted by Gasteiger charge is 2.33. The van der Waals surface area contributed by atoms with Gasteiger partial charge in [-0.2, -0.15) is 0 Å². The van der Waals surface area contributed by atoms with Crippen molar-refractivity contribution in [3.8, 4) is 0 Å². The molecule has 3 heteroatoms. The van der Waals surface area contributed by atoms with Crippen LogP contribution in [-0.4, -0.2) is 6.54 Å². The van der Waals surface area contributed by atoms with E-state index in [0.717, 1.165) is 18.9 Å². The Morgan fingerprint density at radius 1 is 1.44 bits per heavy atom. The van der Waals surface area contributed by atoms with E-state index in [1.807, 2.05) is 12.1 Å². The summed E-state index contributed by atoms with van der Waals surface area (Å²) in [6.45, 7) is 5.49. The largest absolute Gasteiger partial charge is 0.310 e. The van der Waals surface area contributed by atoms with Gasteiger partial charge in [-0.1, -0.05) is 19.9 Å². The minimum atomic E-state index is -0.188. The van der Waals surface area contributed by atoms with Crippen molar-refractivity contribution in [2.45, 2.75) is 39.2 Å². The Morgan fingerprint density at radius 2 is 2.17 bits per heavy atom. The fourth-order valence-electron chi connectivity index (χ4n) is 2.51. The summed E-state index contributed by atoms with van der Waals surface area (Å²) in [5.41, 5.74) is 1.19. The van der Waals surface area contributed by atoms with E-state index in [-0.39, 0.29) is 5.82 Å². The van der Waals surface area contributed by atoms with Crippen LogP contribution in [0, 0.1) is 17.7 Å². The molecule has 0 amide bonds. The predicted molar refractivity (Wildman–Crippen MR) is 77.0 cm³/mol. The number of halogens is 2. The fourth-order valence-corrected chi connectivity index (χ4v) is 2.90. The first-order valence-corrected chi connectivity index (χ1v) is 7.61. The Morgan fingerprint density at radius 3 is 2.72 bits per heavy atom. The molecule has 2 atom stereocenters. The first-order chi connectivity index (χ1) is 8.63. The second-order valence-electron chi connectivity index (χ2n) is 5.30. The number of nitrogens with one attached hydrogen (secondary N) is 1. The molecule has 0 saturated heterocycles. The van der Waals surface area contributed by atoms with E-state index in [1.165, 1.54) is 18.4 Å². The van der Waals surface area contributed by atoms with Crippen molar-refractivity contribution in [3.05, 3.63) is 34.1 Å². The zero-order valence-electron chi connectivity index (χ0n) is 11.0. The van der Waals surface area contributed by atoms with Crippen molar-refractivity contribution in [2.75, 3.05) is 6.54 Å². The third kappa shape index (κ3) is 3.33. The van der Waals surface area contributed by atoms with Crippen LogP contribution >= 0.6 is 15.9 Å². The van der Waals surface area contributed by atoms with Crippen LogP contribution < -0.4 is 5.32 Å². The van der Waals surface area contributed by atoms with Gasteiger partial charge < -0.3 is 5.32 Å². The van der Waals surface area contributed by atoms with Gasteiger partial charge in [0.2, 0.25) is 0 Å². The number of benzene rings is 1. The summed E-state index contributed by atoms with van der Waals surface area (Å²) >= 11 is 3.28. The van der Waals surface area contributed by atoms with Crippen molar-refractivity contribution in [2.24, 2.45) is 11.8 Å². The SMILES string of the molecule is CCCNC(c1ccc(F)c(Br)c1)C(C)C1CC1. The van der Waals surface area contributed by atoms with Crippen molar-refractivity contribution in [3.63, 3.8) is 0 Å². The highest BCUT2D eigenvalue weighted by molar-refractivity contribution is 9.10. The van der Waals surface area contributed by atoms with Crippen LogP contribution in [0.3, 0.4) is 0 Å². The van der Waals surface area contributed by atoms with E-state index in [2.05, 4.69) is 35.1 Å². The van der Waals surface area contributed by atoms with Crippen molar-refractivity contribution in [1.82, 2.24) is 5.32 Å². The lowest BCUT2D eigenvalue weighted by molar-refractivity contribution is 0.349. The zero-order valence-corrected chi connectivity index (χ0v) is 12.6. The smallest absolute Gasteiger partial charge is 0.137 e. The topological polar surface area (TPSA) is 12.0 Å². The second-order valence-corrected chi connectivity index (χ2v) is 6.16. The van der Waals surface area contributed by atoms with Crippen molar-refractivity contribution >= 4 is 15.9 Å². The molecule has 0 aliphatic heterocycles. The molecule has 0 spiro atoms. The van der Waals surface area contributed by atoms with Crippen LogP contribution in [0.5, 0.6) is 0 Å². The maximum atomic E-state index is 13.3. The normalized spacial score (nSPS) is 18.7. The maximum Gasteiger partial charge on any atom is 0.137 e. The first kappa shape index (κ1) is 14.0. The molecule has 2 rings (SSSR count). The molecule has 1 saturated carbocycles. The van der Waals surface area contributed by atoms with Crippen LogP contribution in [0.25, 0.3) is 0 Å². The van der Waals surface area contributed by atoms with Gasteiger partial charge in [-0.3, -0.25) is 0 Å². The molecule has 1 aromatic rings. The standard InChI is InChI=1S/C15H21BrFN/c1-3-8-18-15(10(2)11-4-5-11)12-6-7-14(17)13(16)9-12/h6-7,9-11,15,18H,3-5,8H2,1-2H3. The Balaban J connectivity index is 2.17. The molecule has 1 aliphatic rings. The molecule has 0 radical (unpaired) electrons. The third-order valence-electron chi connectivity index (χ3n) is 3.81. The summed E-state index contributed by atoms with van der Waals surface area (Å²) in [6, 6.07) is 5.72. The van der Waals surface area contributed by atoms with Gasteiger partial charge in [-0.25, -0.2) is 4.39 Å². The molecule has 1 fully saturated rings. The highest BCUT2D eigenvalue weighted by Crippen LogP contribution is 2.43. The van der Waals surface area contributed by atoms with Gasteiger partial charge in [0.25, 0.3) is 0 Å². The van der Waals surface area contributed by atoms with Crippen LogP contribution in [-0.2, 0) is 0 Å². The molecule has 2 unspecified atom stereocenters. The third-order valence-corrected chi connectivity index (χ3v) is 4.42. The molecule has 1 aromatic carbocycles. The van der Waals surface area contributed by atoms with Gasteiger partial charge in [0, 0.05) is 6.04 Å². The van der Waals surface area contributed by atoms with Gasteiger partial charge in [-0.05, 0) is 71.3 Å². The fraction of sp³-hybridized carbons (Fsp3) is 0.600. The molecule has 0 aromatic heterocycles. The quantitative estimate of drug-likeness (QED) is 0.804. The molecule has 0 heterocycles. The summed E-state index contributed by atoms with van der Waals surface area (Å²) in [6.07, 6.45) is 3.80. The van der Waals surface area contributed by atoms with Crippen molar-refractivity contribution in [1.29, 1.82) is 0 Å². The lowest BCUT2D eigenvalue weighted by Gasteiger charge is -2.26. The summed E-state index contributed by atoms with van der Waals surface area (Å²) in [4.78, 5) is 0. The maximum absolute atomic E-state index is 13.3. The minimum absolute atomic E-state index is 0.188. The predicted octanol–water partition coefficient (Wildman–Crippen LogP) is 4.68. The Hall–Kier alpha value is -0.410. The number of hydrogen-bond acceptors (Lipinski definition) is 1. The van der Waals surface area contributed by atoms with Gasteiger partial charge in [-0.15, -0.1) is 0 Å². The number of hydrogen-bond donors (Lipinski definition) is 1. The molecule has 18 heavy (non-hydrogen) atoms. The summed E-state index contributed by atoms with van der Waals surface area (Å²) < 4.78 is 13.9. The van der Waals surface area contributed by atoms with E-state index in [0.29, 0.717) is 16.4 Å². The lowest BCUT2D eigenvalue weighted by atomic mass is 9.90. The van der Waals surface area contributed by atoms with Gasteiger partial charge in [0.1, 0.15) is 5.82 Å². The summed E-state index contributed by atoms with van der Waals surface area (Å²) in [7, 11) is 0. The molecule has 1 nitrogen and oxygen atoms in total. The molecular weight excluding hydrogens is 293 g/mol. The Kier molecular flexibility index (Phi) is 4.79. The summed E-state index contributed by atoms with van der Waals surface area (Å²) in [5, 5.41) is 3.61. The van der Waals surface area contributed by atoms with E-state index in [1.54, 1.807) is 6.07 Å².